The molecule has 0 radical (unpaired) electrons. The van der Waals surface area contributed by atoms with Crippen LogP contribution in [-0.2, 0) is 9.59 Å². The number of likely N-dealkylation sites (tertiary alicyclic amines) is 2. The highest BCUT2D eigenvalue weighted by molar-refractivity contribution is 5.85. The summed E-state index contributed by atoms with van der Waals surface area (Å²) < 4.78 is 0. The second kappa shape index (κ2) is 13.5. The van der Waals surface area contributed by atoms with Gasteiger partial charge in [-0.2, -0.15) is 5.26 Å². The van der Waals surface area contributed by atoms with Crippen molar-refractivity contribution in [2.24, 2.45) is 10.7 Å². The van der Waals surface area contributed by atoms with Crippen LogP contribution in [0.5, 0.6) is 0 Å². The number of nitriles is 1. The van der Waals surface area contributed by atoms with Gasteiger partial charge >= 0.3 is 0 Å². The van der Waals surface area contributed by atoms with Crippen LogP contribution >= 0.6 is 0 Å². The molecular weight excluding hydrogens is 432 g/mol. The summed E-state index contributed by atoms with van der Waals surface area (Å²) in [6.45, 7) is 4.70. The second-order valence-electron chi connectivity index (χ2n) is 7.97. The van der Waals surface area contributed by atoms with E-state index >= 15 is 0 Å². The Balaban J connectivity index is 0.000000224. The van der Waals surface area contributed by atoms with Crippen molar-refractivity contribution in [2.45, 2.75) is 45.4 Å². The maximum atomic E-state index is 11.9. The smallest absolute Gasteiger partial charge is 0.242 e. The maximum Gasteiger partial charge on any atom is 0.242 e. The first-order chi connectivity index (χ1) is 16.5. The summed E-state index contributed by atoms with van der Waals surface area (Å²) in [7, 11) is 0. The summed E-state index contributed by atoms with van der Waals surface area (Å²) >= 11 is 0. The molecule has 4 rings (SSSR count). The minimum absolute atomic E-state index is 0.0677. The Labute approximate surface area is 200 Å². The summed E-state index contributed by atoms with van der Waals surface area (Å²) in [5.41, 5.74) is 7.89. The van der Waals surface area contributed by atoms with Crippen LogP contribution < -0.4 is 11.1 Å². The predicted molar refractivity (Wildman–Crippen MR) is 132 cm³/mol. The van der Waals surface area contributed by atoms with Crippen molar-refractivity contribution < 1.29 is 9.59 Å². The van der Waals surface area contributed by atoms with Crippen molar-refractivity contribution in [1.82, 2.24) is 25.1 Å². The van der Waals surface area contributed by atoms with Crippen LogP contribution in [0.3, 0.4) is 0 Å². The minimum atomic E-state index is 0.0677. The number of rotatable bonds is 3. The zero-order valence-electron chi connectivity index (χ0n) is 19.6. The van der Waals surface area contributed by atoms with Gasteiger partial charge in [0.25, 0.3) is 0 Å². The fraction of sp³-hybridized carbons (Fsp3) is 0.458. The lowest BCUT2D eigenvalue weighted by atomic mass is 10.2. The average Bonchev–Trinajstić information content (AvgIpc) is 3.44. The Morgan fingerprint density at radius 2 is 1.94 bits per heavy atom. The van der Waals surface area contributed by atoms with Gasteiger partial charge in [-0.3, -0.25) is 14.9 Å². The van der Waals surface area contributed by atoms with Crippen LogP contribution in [0, 0.1) is 31.2 Å². The Bertz CT molecular complexity index is 1060. The molecule has 0 unspecified atom stereocenters. The molecular formula is C24H32N8O2. The fourth-order valence-corrected chi connectivity index (χ4v) is 3.85. The molecule has 34 heavy (non-hydrogen) atoms. The van der Waals surface area contributed by atoms with E-state index in [9.17, 15) is 9.59 Å². The third-order valence-electron chi connectivity index (χ3n) is 5.47. The summed E-state index contributed by atoms with van der Waals surface area (Å²) in [4.78, 5) is 38.6. The molecule has 2 aromatic rings. The third-order valence-corrected chi connectivity index (χ3v) is 5.47. The number of amides is 2. The summed E-state index contributed by atoms with van der Waals surface area (Å²) in [6, 6.07) is 5.45. The third kappa shape index (κ3) is 7.82. The molecule has 3 heterocycles. The number of terminal acetylenes is 1. The topological polar surface area (TPSA) is 144 Å². The predicted octanol–water partition coefficient (Wildman–Crippen LogP) is 2.15. The molecule has 2 saturated heterocycles. The number of nitrogens with two attached hydrogens (primary N) is 1. The number of benzene rings is 1. The van der Waals surface area contributed by atoms with Crippen LogP contribution in [0.15, 0.2) is 23.2 Å². The van der Waals surface area contributed by atoms with Crippen molar-refractivity contribution in [2.75, 3.05) is 26.2 Å². The number of aromatic nitrogens is 2. The molecule has 2 aliphatic rings. The molecule has 10 heteroatoms. The van der Waals surface area contributed by atoms with Crippen LogP contribution in [0.4, 0.5) is 5.69 Å². The molecule has 0 aliphatic carbocycles. The first kappa shape index (κ1) is 26.2. The van der Waals surface area contributed by atoms with Crippen molar-refractivity contribution >= 4 is 34.5 Å². The lowest BCUT2D eigenvalue weighted by Crippen LogP contribution is -2.41. The molecule has 2 aliphatic heterocycles. The first-order valence-corrected chi connectivity index (χ1v) is 11.3. The molecule has 2 amide bonds. The number of carbonyl (C=O) groups is 2. The van der Waals surface area contributed by atoms with Crippen LogP contribution in [0.1, 0.15) is 44.3 Å². The highest BCUT2D eigenvalue weighted by Gasteiger charge is 2.23. The summed E-state index contributed by atoms with van der Waals surface area (Å²) in [5, 5.41) is 10.6. The Morgan fingerprint density at radius 1 is 1.24 bits per heavy atom. The summed E-state index contributed by atoms with van der Waals surface area (Å²) in [6.07, 6.45) is 15.7. The number of hydrogen-bond acceptors (Lipinski definition) is 5. The van der Waals surface area contributed by atoms with Crippen LogP contribution in [-0.4, -0.2) is 63.7 Å². The maximum absolute atomic E-state index is 11.9. The van der Waals surface area contributed by atoms with Crippen molar-refractivity contribution in [3.8, 4) is 19.0 Å². The standard InChI is InChI=1S/C12H20N2O2.C10H10N6.C2H2/c15-11-6-2-1-3-9-14(11)10-12(16)13-7-4-5-8-13;1-6-14-8-3-2-7(4-9(8)15-6)16-10(12)13-5-11;1-2/h1-10H2;2-4H,1H3,(H,14,15)(H3,12,13,16);1-2H. The van der Waals surface area contributed by atoms with E-state index in [0.717, 1.165) is 68.6 Å². The van der Waals surface area contributed by atoms with Gasteiger partial charge in [0.1, 0.15) is 5.82 Å². The number of nitrogens with zero attached hydrogens (tertiary/aromatic N) is 5. The zero-order chi connectivity index (χ0) is 24.9. The Kier molecular flexibility index (Phi) is 10.4. The largest absolute Gasteiger partial charge is 0.369 e. The molecule has 2 fully saturated rings. The highest BCUT2D eigenvalue weighted by atomic mass is 16.2. The van der Waals surface area contributed by atoms with Crippen molar-refractivity contribution in [1.29, 1.82) is 5.26 Å². The van der Waals surface area contributed by atoms with E-state index in [1.54, 1.807) is 17.2 Å². The Hall–Kier alpha value is -4.05. The van der Waals surface area contributed by atoms with Gasteiger partial charge in [-0.1, -0.05) is 6.42 Å². The van der Waals surface area contributed by atoms with Gasteiger partial charge in [-0.15, -0.1) is 12.8 Å². The number of aryl methyl sites for hydroxylation is 1. The van der Waals surface area contributed by atoms with E-state index < -0.39 is 0 Å². The van der Waals surface area contributed by atoms with Gasteiger partial charge < -0.3 is 20.5 Å². The highest BCUT2D eigenvalue weighted by Crippen LogP contribution is 2.19. The first-order valence-electron chi connectivity index (χ1n) is 11.3. The fourth-order valence-electron chi connectivity index (χ4n) is 3.85. The van der Waals surface area contributed by atoms with E-state index in [2.05, 4.69) is 33.1 Å². The molecule has 0 bridgehead atoms. The van der Waals surface area contributed by atoms with Gasteiger partial charge in [0.15, 0.2) is 6.19 Å². The Morgan fingerprint density at radius 3 is 2.65 bits per heavy atom. The lowest BCUT2D eigenvalue weighted by molar-refractivity contribution is -0.139. The van der Waals surface area contributed by atoms with E-state index in [4.69, 9.17) is 11.0 Å². The molecule has 0 spiro atoms. The van der Waals surface area contributed by atoms with Crippen molar-refractivity contribution in [3.05, 3.63) is 24.0 Å². The number of aromatic amines is 1. The molecule has 0 atom stereocenters. The van der Waals surface area contributed by atoms with Crippen LogP contribution in [0.25, 0.3) is 11.0 Å². The number of carbonyl (C=O) groups excluding carboxylic acids is 2. The number of imidazole rings is 1. The van der Waals surface area contributed by atoms with Crippen molar-refractivity contribution in [3.63, 3.8) is 0 Å². The van der Waals surface area contributed by atoms with Gasteiger partial charge in [0.05, 0.1) is 23.3 Å². The van der Waals surface area contributed by atoms with E-state index in [1.165, 1.54) is 0 Å². The molecule has 1 aromatic carbocycles. The monoisotopic (exact) mass is 464 g/mol. The van der Waals surface area contributed by atoms with Gasteiger partial charge in [-0.25, -0.2) is 9.98 Å². The molecule has 0 saturated carbocycles. The number of H-pyrrole nitrogens is 1. The van der Waals surface area contributed by atoms with Gasteiger partial charge in [0.2, 0.25) is 17.8 Å². The number of guanidine groups is 1. The van der Waals surface area contributed by atoms with E-state index in [-0.39, 0.29) is 17.8 Å². The van der Waals surface area contributed by atoms with E-state index in [0.29, 0.717) is 18.7 Å². The van der Waals surface area contributed by atoms with Crippen LogP contribution in [0.2, 0.25) is 0 Å². The summed E-state index contributed by atoms with van der Waals surface area (Å²) in [5.74, 6) is 1.20. The zero-order valence-corrected chi connectivity index (χ0v) is 19.6. The van der Waals surface area contributed by atoms with E-state index in [1.807, 2.05) is 24.0 Å². The number of hydrogen-bond donors (Lipinski definition) is 3. The molecule has 4 N–H and O–H groups in total. The van der Waals surface area contributed by atoms with Gasteiger partial charge in [-0.05, 0) is 50.8 Å². The number of nitrogens with one attached hydrogen (secondary N) is 2. The molecule has 1 aromatic heterocycles. The quantitative estimate of drug-likeness (QED) is 0.209. The molecule has 180 valence electrons. The van der Waals surface area contributed by atoms with Gasteiger partial charge in [0, 0.05) is 26.1 Å². The number of aliphatic imine (C=N–C) groups is 1. The SMILES string of the molecule is C#C.Cc1nc2ccc(N=C(N)NC#N)cc2[nH]1.O=C(CN1CCCCCC1=O)N1CCCC1. The average molecular weight is 465 g/mol. The second-order valence-corrected chi connectivity index (χ2v) is 7.97. The molecule has 10 nitrogen and oxygen atoms in total. The lowest BCUT2D eigenvalue weighted by Gasteiger charge is -2.23. The minimum Gasteiger partial charge on any atom is -0.369 e. The number of fused-ring (bicyclic) bond motifs is 1. The normalized spacial score (nSPS) is 15.9.